The molecule has 0 atom stereocenters. The van der Waals surface area contributed by atoms with E-state index in [2.05, 4.69) is 17.6 Å². The molecule has 0 unspecified atom stereocenters. The molecule has 2 rings (SSSR count). The van der Waals surface area contributed by atoms with Crippen LogP contribution in [0.5, 0.6) is 5.75 Å². The summed E-state index contributed by atoms with van der Waals surface area (Å²) in [7, 11) is 1.66. The quantitative estimate of drug-likeness (QED) is 0.821. The number of hydrogen-bond donors (Lipinski definition) is 1. The molecule has 19 heavy (non-hydrogen) atoms. The van der Waals surface area contributed by atoms with E-state index >= 15 is 0 Å². The van der Waals surface area contributed by atoms with Gasteiger partial charge in [-0.25, -0.2) is 0 Å². The van der Waals surface area contributed by atoms with Gasteiger partial charge >= 0.3 is 0 Å². The molecular weight excluding hydrogens is 258 g/mol. The van der Waals surface area contributed by atoms with Gasteiger partial charge in [-0.15, -0.1) is 11.3 Å². The van der Waals surface area contributed by atoms with Crippen molar-refractivity contribution in [2.45, 2.75) is 19.9 Å². The fourth-order valence-corrected chi connectivity index (χ4v) is 2.85. The van der Waals surface area contributed by atoms with Gasteiger partial charge in [0.05, 0.1) is 12.8 Å². The Hall–Kier alpha value is -1.81. The van der Waals surface area contributed by atoms with Crippen LogP contribution in [-0.4, -0.2) is 13.4 Å². The monoisotopic (exact) mass is 275 g/mol. The topological polar surface area (TPSA) is 38.3 Å². The highest BCUT2D eigenvalue weighted by Gasteiger charge is 2.07. The minimum absolute atomic E-state index is 0.476. The highest BCUT2D eigenvalue weighted by molar-refractivity contribution is 7.10. The van der Waals surface area contributed by atoms with E-state index in [1.807, 2.05) is 24.3 Å². The van der Waals surface area contributed by atoms with E-state index in [4.69, 9.17) is 4.74 Å². The second-order valence-electron chi connectivity index (χ2n) is 4.29. The molecule has 0 aliphatic heterocycles. The van der Waals surface area contributed by atoms with Crippen LogP contribution < -0.4 is 10.1 Å². The van der Waals surface area contributed by atoms with Crippen LogP contribution in [0.3, 0.4) is 0 Å². The molecule has 0 aliphatic rings. The Morgan fingerprint density at radius 3 is 2.68 bits per heavy atom. The number of hydrogen-bond acceptors (Lipinski definition) is 4. The van der Waals surface area contributed by atoms with Gasteiger partial charge < -0.3 is 14.8 Å². The standard InChI is InChI=1S/C15H17NO2S/c1-11-10-19-14(7-8-17)15(11)16-9-12-3-5-13(18-2)6-4-12/h3-6,8,10,16H,7,9H2,1-2H3. The van der Waals surface area contributed by atoms with Crippen molar-refractivity contribution in [3.63, 3.8) is 0 Å². The highest BCUT2D eigenvalue weighted by Crippen LogP contribution is 2.28. The first-order valence-electron chi connectivity index (χ1n) is 6.12. The van der Waals surface area contributed by atoms with Crippen LogP contribution in [0.2, 0.25) is 0 Å². The van der Waals surface area contributed by atoms with Gasteiger partial charge in [0.1, 0.15) is 12.0 Å². The van der Waals surface area contributed by atoms with Crippen LogP contribution >= 0.6 is 11.3 Å². The zero-order chi connectivity index (χ0) is 13.7. The number of aryl methyl sites for hydroxylation is 1. The molecule has 0 spiro atoms. The third-order valence-corrected chi connectivity index (χ3v) is 4.07. The molecular formula is C15H17NO2S. The average Bonchev–Trinajstić information content (AvgIpc) is 2.78. The molecule has 2 aromatic rings. The maximum atomic E-state index is 10.6. The van der Waals surface area contributed by atoms with E-state index in [1.54, 1.807) is 18.4 Å². The first-order valence-corrected chi connectivity index (χ1v) is 7.00. The molecule has 100 valence electrons. The van der Waals surface area contributed by atoms with Crippen molar-refractivity contribution in [1.82, 2.24) is 0 Å². The summed E-state index contributed by atoms with van der Waals surface area (Å²) < 4.78 is 5.13. The third-order valence-electron chi connectivity index (χ3n) is 2.95. The molecule has 4 heteroatoms. The molecule has 1 aromatic carbocycles. The van der Waals surface area contributed by atoms with Crippen molar-refractivity contribution in [1.29, 1.82) is 0 Å². The number of carbonyl (C=O) groups is 1. The summed E-state index contributed by atoms with van der Waals surface area (Å²) in [5.74, 6) is 0.858. The molecule has 0 bridgehead atoms. The van der Waals surface area contributed by atoms with Crippen molar-refractivity contribution in [2.24, 2.45) is 0 Å². The summed E-state index contributed by atoms with van der Waals surface area (Å²) in [4.78, 5) is 11.7. The van der Waals surface area contributed by atoms with Crippen molar-refractivity contribution >= 4 is 23.3 Å². The summed E-state index contributed by atoms with van der Waals surface area (Å²) in [6.07, 6.45) is 1.42. The summed E-state index contributed by atoms with van der Waals surface area (Å²) >= 11 is 1.63. The second-order valence-corrected chi connectivity index (χ2v) is 5.25. The zero-order valence-corrected chi connectivity index (χ0v) is 11.9. The molecule has 1 N–H and O–H groups in total. The summed E-state index contributed by atoms with van der Waals surface area (Å²) in [6, 6.07) is 7.97. The van der Waals surface area contributed by atoms with E-state index in [9.17, 15) is 4.79 Å². The van der Waals surface area contributed by atoms with E-state index < -0.39 is 0 Å². The van der Waals surface area contributed by atoms with Gasteiger partial charge in [0.15, 0.2) is 0 Å². The number of thiophene rings is 1. The maximum absolute atomic E-state index is 10.6. The van der Waals surface area contributed by atoms with Gasteiger partial charge in [-0.3, -0.25) is 0 Å². The second kappa shape index (κ2) is 6.38. The molecule has 0 amide bonds. The van der Waals surface area contributed by atoms with Crippen molar-refractivity contribution in [2.75, 3.05) is 12.4 Å². The van der Waals surface area contributed by atoms with Crippen LogP contribution in [0.15, 0.2) is 29.6 Å². The van der Waals surface area contributed by atoms with Crippen LogP contribution in [-0.2, 0) is 17.8 Å². The Balaban J connectivity index is 2.05. The maximum Gasteiger partial charge on any atom is 0.125 e. The molecule has 1 heterocycles. The van der Waals surface area contributed by atoms with Crippen LogP contribution in [0.25, 0.3) is 0 Å². The number of nitrogens with one attached hydrogen (secondary N) is 1. The van der Waals surface area contributed by atoms with Gasteiger partial charge in [0, 0.05) is 17.8 Å². The average molecular weight is 275 g/mol. The fraction of sp³-hybridized carbons (Fsp3) is 0.267. The Kier molecular flexibility index (Phi) is 4.58. The first kappa shape index (κ1) is 13.6. The lowest BCUT2D eigenvalue weighted by molar-refractivity contribution is -0.107. The Morgan fingerprint density at radius 1 is 1.32 bits per heavy atom. The molecule has 1 aromatic heterocycles. The summed E-state index contributed by atoms with van der Waals surface area (Å²) in [6.45, 7) is 2.80. The Morgan fingerprint density at radius 2 is 2.05 bits per heavy atom. The van der Waals surface area contributed by atoms with Gasteiger partial charge in [-0.05, 0) is 35.6 Å². The number of aldehydes is 1. The number of benzene rings is 1. The molecule has 3 nitrogen and oxygen atoms in total. The van der Waals surface area contributed by atoms with Crippen molar-refractivity contribution < 1.29 is 9.53 Å². The van der Waals surface area contributed by atoms with Crippen LogP contribution in [0, 0.1) is 6.92 Å². The van der Waals surface area contributed by atoms with Gasteiger partial charge in [-0.1, -0.05) is 12.1 Å². The molecule has 0 saturated heterocycles. The zero-order valence-electron chi connectivity index (χ0n) is 11.1. The summed E-state index contributed by atoms with van der Waals surface area (Å²) in [5, 5.41) is 5.49. The number of carbonyl (C=O) groups excluding carboxylic acids is 1. The molecule has 0 fully saturated rings. The van der Waals surface area contributed by atoms with Gasteiger partial charge in [-0.2, -0.15) is 0 Å². The van der Waals surface area contributed by atoms with Gasteiger partial charge in [0.25, 0.3) is 0 Å². The predicted octanol–water partition coefficient (Wildman–Crippen LogP) is 3.42. The van der Waals surface area contributed by atoms with E-state index in [1.165, 1.54) is 11.1 Å². The van der Waals surface area contributed by atoms with E-state index in [-0.39, 0.29) is 0 Å². The van der Waals surface area contributed by atoms with Crippen molar-refractivity contribution in [3.05, 3.63) is 45.6 Å². The highest BCUT2D eigenvalue weighted by atomic mass is 32.1. The lowest BCUT2D eigenvalue weighted by atomic mass is 10.2. The smallest absolute Gasteiger partial charge is 0.125 e. The SMILES string of the molecule is COc1ccc(CNc2c(C)csc2CC=O)cc1. The predicted molar refractivity (Wildman–Crippen MR) is 79.1 cm³/mol. The first-order chi connectivity index (χ1) is 9.24. The largest absolute Gasteiger partial charge is 0.497 e. The molecule has 0 aliphatic carbocycles. The lowest BCUT2D eigenvalue weighted by Gasteiger charge is -2.09. The Labute approximate surface area is 117 Å². The molecule has 0 radical (unpaired) electrons. The number of anilines is 1. The molecule has 0 saturated carbocycles. The number of rotatable bonds is 6. The van der Waals surface area contributed by atoms with E-state index in [0.29, 0.717) is 6.42 Å². The summed E-state index contributed by atoms with van der Waals surface area (Å²) in [5.41, 5.74) is 3.46. The van der Waals surface area contributed by atoms with E-state index in [0.717, 1.165) is 29.1 Å². The minimum Gasteiger partial charge on any atom is -0.497 e. The Bertz CT molecular complexity index is 546. The minimum atomic E-state index is 0.476. The normalized spacial score (nSPS) is 10.2. The van der Waals surface area contributed by atoms with Crippen LogP contribution in [0.1, 0.15) is 16.0 Å². The third kappa shape index (κ3) is 3.35. The fourth-order valence-electron chi connectivity index (χ4n) is 1.89. The van der Waals surface area contributed by atoms with Gasteiger partial charge in [0.2, 0.25) is 0 Å². The number of methoxy groups -OCH3 is 1. The van der Waals surface area contributed by atoms with Crippen LogP contribution in [0.4, 0.5) is 5.69 Å². The lowest BCUT2D eigenvalue weighted by Crippen LogP contribution is -2.02. The van der Waals surface area contributed by atoms with Crippen molar-refractivity contribution in [3.8, 4) is 5.75 Å². The number of ether oxygens (including phenoxy) is 1.